The molecule has 1 spiro atoms. The first-order valence-electron chi connectivity index (χ1n) is 10.9. The SMILES string of the molecule is N#Cc1ccc(/C=C2/CC3(C/C(=C\c4ccc(C#N)cc4)C2=O)C(=O)Nc2ccccc23)cc1. The zero-order valence-corrected chi connectivity index (χ0v) is 18.2. The van der Waals surface area contributed by atoms with Gasteiger partial charge in [-0.15, -0.1) is 0 Å². The van der Waals surface area contributed by atoms with Crippen LogP contribution in [0.2, 0.25) is 0 Å². The number of carbonyl (C=O) groups excluding carboxylic acids is 2. The van der Waals surface area contributed by atoms with Crippen LogP contribution in [0.5, 0.6) is 0 Å². The Kier molecular flexibility index (Phi) is 5.17. The fourth-order valence-corrected chi connectivity index (χ4v) is 4.75. The summed E-state index contributed by atoms with van der Waals surface area (Å²) in [5.74, 6) is -0.214. The van der Waals surface area contributed by atoms with Gasteiger partial charge in [-0.1, -0.05) is 42.5 Å². The number of carbonyl (C=O) groups is 2. The quantitative estimate of drug-likeness (QED) is 0.557. The second-order valence-electron chi connectivity index (χ2n) is 8.57. The van der Waals surface area contributed by atoms with Crippen molar-refractivity contribution >= 4 is 29.5 Å². The number of Topliss-reactive ketones (excluding diaryl/α,β-unsaturated/α-hetero) is 1. The van der Waals surface area contributed by atoms with Crippen molar-refractivity contribution in [2.45, 2.75) is 18.3 Å². The minimum Gasteiger partial charge on any atom is -0.325 e. The number of amides is 1. The predicted molar refractivity (Wildman–Crippen MR) is 129 cm³/mol. The van der Waals surface area contributed by atoms with Crippen LogP contribution < -0.4 is 5.32 Å². The molecule has 2 aliphatic rings. The molecule has 34 heavy (non-hydrogen) atoms. The average molecular weight is 441 g/mol. The Morgan fingerprint density at radius 3 is 1.74 bits per heavy atom. The number of fused-ring (bicyclic) bond motifs is 2. The summed E-state index contributed by atoms with van der Waals surface area (Å²) in [6.07, 6.45) is 4.20. The first kappa shape index (κ1) is 21.1. The van der Waals surface area contributed by atoms with E-state index in [0.29, 0.717) is 35.1 Å². The number of para-hydroxylation sites is 1. The Labute approximate surface area is 197 Å². The fourth-order valence-electron chi connectivity index (χ4n) is 4.75. The van der Waals surface area contributed by atoms with Gasteiger partial charge in [0.25, 0.3) is 0 Å². The highest BCUT2D eigenvalue weighted by Gasteiger charge is 2.51. The van der Waals surface area contributed by atoms with E-state index in [2.05, 4.69) is 17.5 Å². The third-order valence-corrected chi connectivity index (χ3v) is 6.45. The highest BCUT2D eigenvalue weighted by atomic mass is 16.2. The Bertz CT molecular complexity index is 1380. The summed E-state index contributed by atoms with van der Waals surface area (Å²) in [4.78, 5) is 26.9. The zero-order valence-electron chi connectivity index (χ0n) is 18.2. The molecule has 1 fully saturated rings. The number of nitrogens with zero attached hydrogens (tertiary/aromatic N) is 2. The second-order valence-corrected chi connectivity index (χ2v) is 8.57. The van der Waals surface area contributed by atoms with Gasteiger partial charge in [-0.05, 0) is 72.0 Å². The van der Waals surface area contributed by atoms with Crippen LogP contribution in [-0.2, 0) is 15.0 Å². The molecule has 0 bridgehead atoms. The topological polar surface area (TPSA) is 93.8 Å². The van der Waals surface area contributed by atoms with Crippen molar-refractivity contribution in [2.75, 3.05) is 5.32 Å². The van der Waals surface area contributed by atoms with Crippen molar-refractivity contribution in [3.8, 4) is 12.1 Å². The molecule has 1 saturated carbocycles. The Hall–Kier alpha value is -4.74. The van der Waals surface area contributed by atoms with Crippen LogP contribution >= 0.6 is 0 Å². The molecule has 3 aromatic carbocycles. The number of nitrogens with one attached hydrogen (secondary N) is 1. The smallest absolute Gasteiger partial charge is 0.235 e. The van der Waals surface area contributed by atoms with Crippen molar-refractivity contribution in [3.05, 3.63) is 112 Å². The molecule has 1 atom stereocenters. The standard InChI is InChI=1S/C29H19N3O2/c30-17-21-9-5-19(6-10-21)13-23-15-29(25-3-1-2-4-26(25)32-28(29)34)16-24(27(23)33)14-20-7-11-22(18-31)12-8-20/h1-14H,15-16H2,(H,32,34)/b23-13-,24-14+. The van der Waals surface area contributed by atoms with Gasteiger partial charge in [0.05, 0.1) is 28.7 Å². The molecule has 1 N–H and O–H groups in total. The Morgan fingerprint density at radius 2 is 1.24 bits per heavy atom. The number of hydrogen-bond donors (Lipinski definition) is 1. The molecule has 5 nitrogen and oxygen atoms in total. The lowest BCUT2D eigenvalue weighted by Crippen LogP contribution is -2.40. The summed E-state index contributed by atoms with van der Waals surface area (Å²) in [5.41, 5.74) is 4.55. The Morgan fingerprint density at radius 1 is 0.735 bits per heavy atom. The van der Waals surface area contributed by atoms with Gasteiger partial charge in [0.1, 0.15) is 0 Å². The van der Waals surface area contributed by atoms with Crippen LogP contribution in [0.25, 0.3) is 12.2 Å². The molecule has 0 radical (unpaired) electrons. The van der Waals surface area contributed by atoms with Crippen molar-refractivity contribution in [1.82, 2.24) is 0 Å². The minimum absolute atomic E-state index is 0.100. The van der Waals surface area contributed by atoms with Crippen molar-refractivity contribution in [2.24, 2.45) is 0 Å². The van der Waals surface area contributed by atoms with E-state index in [9.17, 15) is 9.59 Å². The monoisotopic (exact) mass is 441 g/mol. The van der Waals surface area contributed by atoms with Gasteiger partial charge in [0.2, 0.25) is 5.91 Å². The molecule has 3 aromatic rings. The number of allylic oxidation sites excluding steroid dienone is 2. The van der Waals surface area contributed by atoms with Gasteiger partial charge < -0.3 is 5.32 Å². The molecule has 1 amide bonds. The third kappa shape index (κ3) is 3.60. The van der Waals surface area contributed by atoms with Crippen LogP contribution in [0.15, 0.2) is 83.9 Å². The number of anilines is 1. The van der Waals surface area contributed by atoms with Crippen LogP contribution in [0.1, 0.15) is 40.7 Å². The lowest BCUT2D eigenvalue weighted by Gasteiger charge is -2.34. The van der Waals surface area contributed by atoms with Gasteiger partial charge in [0, 0.05) is 16.8 Å². The summed E-state index contributed by atoms with van der Waals surface area (Å²) < 4.78 is 0. The molecular formula is C29H19N3O2. The van der Waals surface area contributed by atoms with E-state index in [-0.39, 0.29) is 11.7 Å². The highest BCUT2D eigenvalue weighted by molar-refractivity contribution is 6.18. The maximum atomic E-state index is 13.6. The van der Waals surface area contributed by atoms with Gasteiger partial charge in [-0.2, -0.15) is 10.5 Å². The first-order chi connectivity index (χ1) is 16.5. The summed E-state index contributed by atoms with van der Waals surface area (Å²) >= 11 is 0. The van der Waals surface area contributed by atoms with Crippen molar-refractivity contribution in [3.63, 3.8) is 0 Å². The first-order valence-corrected chi connectivity index (χ1v) is 10.9. The van der Waals surface area contributed by atoms with Crippen LogP contribution in [0.4, 0.5) is 5.69 Å². The van der Waals surface area contributed by atoms with E-state index in [1.807, 2.05) is 36.4 Å². The van der Waals surface area contributed by atoms with E-state index in [0.717, 1.165) is 22.4 Å². The molecule has 1 aliphatic heterocycles. The molecule has 1 heterocycles. The van der Waals surface area contributed by atoms with E-state index < -0.39 is 5.41 Å². The molecule has 5 heteroatoms. The Balaban J connectivity index is 1.63. The van der Waals surface area contributed by atoms with E-state index in [1.165, 1.54) is 0 Å². The van der Waals surface area contributed by atoms with Gasteiger partial charge in [-0.25, -0.2) is 0 Å². The number of ketones is 1. The van der Waals surface area contributed by atoms with Crippen LogP contribution in [0.3, 0.4) is 0 Å². The maximum absolute atomic E-state index is 13.6. The summed E-state index contributed by atoms with van der Waals surface area (Å²) in [5, 5.41) is 21.1. The molecular weight excluding hydrogens is 422 g/mol. The van der Waals surface area contributed by atoms with Crippen LogP contribution in [-0.4, -0.2) is 11.7 Å². The predicted octanol–water partition coefficient (Wildman–Crippen LogP) is 5.15. The molecule has 1 unspecified atom stereocenters. The molecule has 5 rings (SSSR count). The summed E-state index contributed by atoms with van der Waals surface area (Å²) in [6, 6.07) is 25.8. The van der Waals surface area contributed by atoms with Crippen molar-refractivity contribution in [1.29, 1.82) is 10.5 Å². The molecule has 0 saturated heterocycles. The zero-order chi connectivity index (χ0) is 23.7. The largest absolute Gasteiger partial charge is 0.325 e. The average Bonchev–Trinajstić information content (AvgIpc) is 3.13. The van der Waals surface area contributed by atoms with E-state index >= 15 is 0 Å². The lowest BCUT2D eigenvalue weighted by molar-refractivity contribution is -0.122. The minimum atomic E-state index is -0.874. The number of rotatable bonds is 2. The second kappa shape index (κ2) is 8.31. The molecule has 1 aliphatic carbocycles. The number of hydrogen-bond acceptors (Lipinski definition) is 4. The normalized spacial score (nSPS) is 21.2. The molecule has 162 valence electrons. The summed E-state index contributed by atoms with van der Waals surface area (Å²) in [7, 11) is 0. The van der Waals surface area contributed by atoms with E-state index in [4.69, 9.17) is 10.5 Å². The van der Waals surface area contributed by atoms with Crippen molar-refractivity contribution < 1.29 is 9.59 Å². The molecule has 0 aromatic heterocycles. The third-order valence-electron chi connectivity index (χ3n) is 6.45. The lowest BCUT2D eigenvalue weighted by atomic mass is 9.65. The number of benzene rings is 3. The van der Waals surface area contributed by atoms with Gasteiger partial charge >= 0.3 is 0 Å². The van der Waals surface area contributed by atoms with Gasteiger partial charge in [-0.3, -0.25) is 9.59 Å². The summed E-state index contributed by atoms with van der Waals surface area (Å²) in [6.45, 7) is 0. The maximum Gasteiger partial charge on any atom is 0.235 e. The van der Waals surface area contributed by atoms with E-state index in [1.54, 1.807) is 48.5 Å². The fraction of sp³-hybridized carbons (Fsp3) is 0.103. The highest BCUT2D eigenvalue weighted by Crippen LogP contribution is 2.50. The van der Waals surface area contributed by atoms with Crippen LogP contribution in [0, 0.1) is 22.7 Å². The number of nitriles is 2. The van der Waals surface area contributed by atoms with Gasteiger partial charge in [0.15, 0.2) is 5.78 Å².